The number of carboxylic acid groups (broad SMARTS) is 3. The van der Waals surface area contributed by atoms with Crippen LogP contribution in [-0.4, -0.2) is 39.1 Å². The number of hydrogen-bond donors (Lipinski definition) is 4. The monoisotopic (exact) mass is 295 g/mol. The van der Waals surface area contributed by atoms with E-state index in [0.29, 0.717) is 0 Å². The zero-order valence-corrected chi connectivity index (χ0v) is 11.2. The van der Waals surface area contributed by atoms with E-state index in [1.165, 1.54) is 0 Å². The maximum atomic E-state index is 11.7. The van der Waals surface area contributed by atoms with Crippen molar-refractivity contribution in [2.75, 3.05) is 5.32 Å². The van der Waals surface area contributed by atoms with Gasteiger partial charge >= 0.3 is 17.9 Å². The topological polar surface area (TPSA) is 141 Å². The summed E-state index contributed by atoms with van der Waals surface area (Å²) in [6.07, 6.45) is 0. The van der Waals surface area contributed by atoms with E-state index < -0.39 is 52.1 Å². The van der Waals surface area contributed by atoms with Gasteiger partial charge in [-0.2, -0.15) is 0 Å². The number of benzene rings is 1. The lowest BCUT2D eigenvalue weighted by Gasteiger charge is -2.14. The normalized spacial score (nSPS) is 10.2. The van der Waals surface area contributed by atoms with Gasteiger partial charge < -0.3 is 20.6 Å². The van der Waals surface area contributed by atoms with Gasteiger partial charge in [0, 0.05) is 5.92 Å². The van der Waals surface area contributed by atoms with Crippen LogP contribution in [0.3, 0.4) is 0 Å². The van der Waals surface area contributed by atoms with E-state index in [2.05, 4.69) is 5.32 Å². The highest BCUT2D eigenvalue weighted by Crippen LogP contribution is 2.25. The lowest BCUT2D eigenvalue weighted by atomic mass is 10.0. The molecular formula is C13H13NO7. The molecule has 4 N–H and O–H groups in total. The number of amides is 1. The van der Waals surface area contributed by atoms with Gasteiger partial charge in [0.15, 0.2) is 0 Å². The number of carbonyl (C=O) groups excluding carboxylic acids is 1. The van der Waals surface area contributed by atoms with Crippen LogP contribution < -0.4 is 5.32 Å². The van der Waals surface area contributed by atoms with E-state index in [-0.39, 0.29) is 0 Å². The Bertz CT molecular complexity index is 598. The standard InChI is InChI=1S/C13H13NO7/c1-5(2)10(15)14-9-7(12(18)19)3-6(11(16)17)4-8(9)13(20)21/h3-5H,1-2H3,(H,14,15)(H,16,17)(H,18,19)(H,20,21). The van der Waals surface area contributed by atoms with Crippen molar-refractivity contribution in [2.45, 2.75) is 13.8 Å². The molecular weight excluding hydrogens is 282 g/mol. The molecule has 0 aliphatic rings. The Kier molecular flexibility index (Phi) is 4.64. The van der Waals surface area contributed by atoms with E-state index in [1.807, 2.05) is 0 Å². The predicted octanol–water partition coefficient (Wildman–Crippen LogP) is 1.38. The number of anilines is 1. The zero-order valence-electron chi connectivity index (χ0n) is 11.2. The maximum absolute atomic E-state index is 11.7. The van der Waals surface area contributed by atoms with E-state index >= 15 is 0 Å². The molecule has 8 heteroatoms. The van der Waals surface area contributed by atoms with Crippen LogP contribution in [-0.2, 0) is 4.79 Å². The summed E-state index contributed by atoms with van der Waals surface area (Å²) in [5.41, 5.74) is -2.12. The summed E-state index contributed by atoms with van der Waals surface area (Å²) in [7, 11) is 0. The zero-order chi connectivity index (χ0) is 16.3. The third kappa shape index (κ3) is 3.56. The molecule has 0 atom stereocenters. The molecule has 1 amide bonds. The van der Waals surface area contributed by atoms with Gasteiger partial charge in [-0.1, -0.05) is 13.8 Å². The summed E-state index contributed by atoms with van der Waals surface area (Å²) in [4.78, 5) is 45.0. The van der Waals surface area contributed by atoms with Gasteiger partial charge in [-0.25, -0.2) is 14.4 Å². The second-order valence-corrected chi connectivity index (χ2v) is 4.51. The van der Waals surface area contributed by atoms with Gasteiger partial charge in [-0.3, -0.25) is 4.79 Å². The van der Waals surface area contributed by atoms with Crippen molar-refractivity contribution in [3.63, 3.8) is 0 Å². The van der Waals surface area contributed by atoms with Crippen LogP contribution in [0, 0.1) is 5.92 Å². The van der Waals surface area contributed by atoms with Crippen molar-refractivity contribution in [1.82, 2.24) is 0 Å². The van der Waals surface area contributed by atoms with E-state index in [0.717, 1.165) is 12.1 Å². The average Bonchev–Trinajstić information content (AvgIpc) is 2.37. The van der Waals surface area contributed by atoms with Crippen LogP contribution in [0.1, 0.15) is 44.9 Å². The Balaban J connectivity index is 3.57. The highest BCUT2D eigenvalue weighted by atomic mass is 16.4. The summed E-state index contributed by atoms with van der Waals surface area (Å²) in [5.74, 6) is -5.64. The molecule has 1 rings (SSSR count). The van der Waals surface area contributed by atoms with Crippen LogP contribution in [0.25, 0.3) is 0 Å². The van der Waals surface area contributed by atoms with Crippen LogP contribution in [0.2, 0.25) is 0 Å². The van der Waals surface area contributed by atoms with Gasteiger partial charge in [0.25, 0.3) is 0 Å². The molecule has 0 unspecified atom stereocenters. The van der Waals surface area contributed by atoms with Gasteiger partial charge in [-0.15, -0.1) is 0 Å². The largest absolute Gasteiger partial charge is 0.478 e. The first kappa shape index (κ1) is 16.2. The molecule has 112 valence electrons. The number of carbonyl (C=O) groups is 4. The summed E-state index contributed by atoms with van der Waals surface area (Å²) in [6, 6.07) is 1.60. The van der Waals surface area contributed by atoms with Crippen molar-refractivity contribution in [3.05, 3.63) is 28.8 Å². The Morgan fingerprint density at radius 3 is 1.62 bits per heavy atom. The van der Waals surface area contributed by atoms with Gasteiger partial charge in [-0.05, 0) is 12.1 Å². The minimum absolute atomic E-state index is 0.432. The fourth-order valence-electron chi connectivity index (χ4n) is 1.51. The minimum atomic E-state index is -1.54. The van der Waals surface area contributed by atoms with Crippen LogP contribution in [0.5, 0.6) is 0 Å². The molecule has 0 radical (unpaired) electrons. The van der Waals surface area contributed by atoms with Crippen molar-refractivity contribution >= 4 is 29.5 Å². The molecule has 0 heterocycles. The Morgan fingerprint density at radius 2 is 1.33 bits per heavy atom. The molecule has 0 fully saturated rings. The molecule has 0 spiro atoms. The smallest absolute Gasteiger partial charge is 0.337 e. The minimum Gasteiger partial charge on any atom is -0.478 e. The summed E-state index contributed by atoms with van der Waals surface area (Å²) in [6.45, 7) is 3.09. The number of carboxylic acids is 3. The van der Waals surface area contributed by atoms with Crippen molar-refractivity contribution < 1.29 is 34.5 Å². The number of rotatable bonds is 5. The molecule has 21 heavy (non-hydrogen) atoms. The lowest BCUT2D eigenvalue weighted by Crippen LogP contribution is -2.22. The van der Waals surface area contributed by atoms with E-state index in [9.17, 15) is 19.2 Å². The quantitative estimate of drug-likeness (QED) is 0.642. The average molecular weight is 295 g/mol. The fourth-order valence-corrected chi connectivity index (χ4v) is 1.51. The Morgan fingerprint density at radius 1 is 0.905 bits per heavy atom. The van der Waals surface area contributed by atoms with E-state index in [1.54, 1.807) is 13.8 Å². The molecule has 0 bridgehead atoms. The second-order valence-electron chi connectivity index (χ2n) is 4.51. The van der Waals surface area contributed by atoms with Crippen molar-refractivity contribution in [2.24, 2.45) is 5.92 Å². The molecule has 1 aromatic rings. The highest BCUT2D eigenvalue weighted by molar-refractivity contribution is 6.10. The first-order valence-electron chi connectivity index (χ1n) is 5.84. The molecule has 1 aromatic carbocycles. The molecule has 0 aliphatic carbocycles. The summed E-state index contributed by atoms with van der Waals surface area (Å²) in [5, 5.41) is 29.3. The number of aromatic carboxylic acids is 3. The molecule has 0 aromatic heterocycles. The predicted molar refractivity (Wildman–Crippen MR) is 70.8 cm³/mol. The van der Waals surface area contributed by atoms with Gasteiger partial charge in [0.05, 0.1) is 22.4 Å². The molecule has 8 nitrogen and oxygen atoms in total. The first-order chi connectivity index (χ1) is 9.65. The van der Waals surface area contributed by atoms with Gasteiger partial charge in [0.2, 0.25) is 5.91 Å². The number of nitrogens with one attached hydrogen (secondary N) is 1. The molecule has 0 saturated heterocycles. The van der Waals surface area contributed by atoms with Gasteiger partial charge in [0.1, 0.15) is 0 Å². The third-order valence-corrected chi connectivity index (χ3v) is 2.62. The van der Waals surface area contributed by atoms with Crippen molar-refractivity contribution in [1.29, 1.82) is 0 Å². The Hall–Kier alpha value is -2.90. The first-order valence-corrected chi connectivity index (χ1v) is 5.84. The van der Waals surface area contributed by atoms with Crippen LogP contribution >= 0.6 is 0 Å². The highest BCUT2D eigenvalue weighted by Gasteiger charge is 2.24. The lowest BCUT2D eigenvalue weighted by molar-refractivity contribution is -0.118. The third-order valence-electron chi connectivity index (χ3n) is 2.62. The fraction of sp³-hybridized carbons (Fsp3) is 0.231. The van der Waals surface area contributed by atoms with Crippen LogP contribution in [0.15, 0.2) is 12.1 Å². The van der Waals surface area contributed by atoms with Crippen molar-refractivity contribution in [3.8, 4) is 0 Å². The molecule has 0 aliphatic heterocycles. The Labute approximate surface area is 119 Å². The summed E-state index contributed by atoms with van der Waals surface area (Å²) >= 11 is 0. The van der Waals surface area contributed by atoms with Crippen LogP contribution in [0.4, 0.5) is 5.69 Å². The number of hydrogen-bond acceptors (Lipinski definition) is 4. The maximum Gasteiger partial charge on any atom is 0.337 e. The van der Waals surface area contributed by atoms with E-state index in [4.69, 9.17) is 15.3 Å². The molecule has 0 saturated carbocycles. The summed E-state index contributed by atoms with van der Waals surface area (Å²) < 4.78 is 0. The second kappa shape index (κ2) is 6.04. The SMILES string of the molecule is CC(C)C(=O)Nc1c(C(=O)O)cc(C(=O)O)cc1C(=O)O.